The van der Waals surface area contributed by atoms with Crippen molar-refractivity contribution in [3.8, 4) is 0 Å². The Morgan fingerprint density at radius 3 is 2.55 bits per heavy atom. The monoisotopic (exact) mass is 295 g/mol. The van der Waals surface area contributed by atoms with E-state index in [9.17, 15) is 9.18 Å². The topological polar surface area (TPSA) is 29.1 Å². The molecule has 0 aromatic heterocycles. The predicted molar refractivity (Wildman–Crippen MR) is 86.1 cm³/mol. The summed E-state index contributed by atoms with van der Waals surface area (Å²) in [7, 11) is 0. The molecular formula is C19H18FNO. The number of benzene rings is 2. The Morgan fingerprint density at radius 2 is 1.82 bits per heavy atom. The van der Waals surface area contributed by atoms with E-state index < -0.39 is 0 Å². The van der Waals surface area contributed by atoms with Crippen LogP contribution in [0.25, 0.3) is 5.70 Å². The molecule has 1 aliphatic rings. The van der Waals surface area contributed by atoms with Crippen LogP contribution in [-0.2, 0) is 6.42 Å². The highest BCUT2D eigenvalue weighted by atomic mass is 19.1. The number of halogens is 1. The summed E-state index contributed by atoms with van der Waals surface area (Å²) < 4.78 is 13.0. The molecule has 3 heteroatoms. The summed E-state index contributed by atoms with van der Waals surface area (Å²) in [5.74, 6) is -0.471. The molecule has 1 N–H and O–H groups in total. The minimum absolute atomic E-state index is 0.108. The Kier molecular flexibility index (Phi) is 3.57. The number of hydrogen-bond acceptors (Lipinski definition) is 2. The average Bonchev–Trinajstić information content (AvgIpc) is 2.46. The quantitative estimate of drug-likeness (QED) is 0.671. The lowest BCUT2D eigenvalue weighted by Crippen LogP contribution is -2.43. The van der Waals surface area contributed by atoms with E-state index in [0.29, 0.717) is 5.56 Å². The highest BCUT2D eigenvalue weighted by Gasteiger charge is 2.27. The van der Waals surface area contributed by atoms with Crippen molar-refractivity contribution in [2.24, 2.45) is 0 Å². The van der Waals surface area contributed by atoms with Crippen molar-refractivity contribution < 1.29 is 9.18 Å². The summed E-state index contributed by atoms with van der Waals surface area (Å²) in [5, 5.41) is 3.43. The number of carbonyl (C=O) groups is 1. The molecule has 0 spiro atoms. The second-order valence-corrected chi connectivity index (χ2v) is 6.27. The van der Waals surface area contributed by atoms with E-state index in [4.69, 9.17) is 0 Å². The Labute approximate surface area is 129 Å². The number of fused-ring (bicyclic) bond motifs is 1. The van der Waals surface area contributed by atoms with Gasteiger partial charge in [0.1, 0.15) is 5.82 Å². The van der Waals surface area contributed by atoms with E-state index in [1.54, 1.807) is 6.08 Å². The van der Waals surface area contributed by atoms with E-state index in [1.807, 2.05) is 18.2 Å². The molecule has 112 valence electrons. The lowest BCUT2D eigenvalue weighted by molar-refractivity contribution is 0.104. The van der Waals surface area contributed by atoms with Crippen molar-refractivity contribution in [1.82, 2.24) is 5.32 Å². The van der Waals surface area contributed by atoms with Crippen molar-refractivity contribution in [1.29, 1.82) is 0 Å². The van der Waals surface area contributed by atoms with Crippen LogP contribution < -0.4 is 5.32 Å². The van der Waals surface area contributed by atoms with Gasteiger partial charge >= 0.3 is 0 Å². The average molecular weight is 295 g/mol. The number of allylic oxidation sites excluding steroid dienone is 1. The largest absolute Gasteiger partial charge is 0.379 e. The molecule has 0 amide bonds. The lowest BCUT2D eigenvalue weighted by atomic mass is 9.85. The summed E-state index contributed by atoms with van der Waals surface area (Å²) in [4.78, 5) is 12.4. The number of nitrogens with one attached hydrogen (secondary N) is 1. The first-order chi connectivity index (χ1) is 10.4. The Morgan fingerprint density at radius 1 is 1.14 bits per heavy atom. The third-order valence-electron chi connectivity index (χ3n) is 3.82. The van der Waals surface area contributed by atoms with Gasteiger partial charge in [-0.15, -0.1) is 0 Å². The summed E-state index contributed by atoms with van der Waals surface area (Å²) in [6.07, 6.45) is 2.51. The molecule has 0 unspecified atom stereocenters. The van der Waals surface area contributed by atoms with Gasteiger partial charge in [0.2, 0.25) is 0 Å². The Balaban J connectivity index is 1.99. The minimum Gasteiger partial charge on any atom is -0.379 e. The Bertz CT molecular complexity index is 744. The van der Waals surface area contributed by atoms with Crippen molar-refractivity contribution in [3.63, 3.8) is 0 Å². The molecule has 2 aromatic carbocycles. The molecule has 1 heterocycles. The zero-order valence-corrected chi connectivity index (χ0v) is 12.7. The van der Waals surface area contributed by atoms with Crippen molar-refractivity contribution >= 4 is 11.5 Å². The molecule has 2 nitrogen and oxygen atoms in total. The third kappa shape index (κ3) is 2.93. The van der Waals surface area contributed by atoms with Crippen molar-refractivity contribution in [3.05, 3.63) is 77.1 Å². The fraction of sp³-hybridized carbons (Fsp3) is 0.211. The molecule has 1 aliphatic heterocycles. The smallest absolute Gasteiger partial charge is 0.187 e. The van der Waals surface area contributed by atoms with E-state index in [2.05, 4.69) is 25.2 Å². The highest BCUT2D eigenvalue weighted by molar-refractivity contribution is 6.08. The first-order valence-electron chi connectivity index (χ1n) is 7.33. The molecule has 0 radical (unpaired) electrons. The van der Waals surface area contributed by atoms with Crippen LogP contribution in [0, 0.1) is 5.82 Å². The molecular weight excluding hydrogens is 277 g/mol. The molecule has 0 saturated carbocycles. The summed E-state index contributed by atoms with van der Waals surface area (Å²) in [5.41, 5.74) is 3.47. The second-order valence-electron chi connectivity index (χ2n) is 6.27. The summed E-state index contributed by atoms with van der Waals surface area (Å²) >= 11 is 0. The van der Waals surface area contributed by atoms with Crippen LogP contribution >= 0.6 is 0 Å². The van der Waals surface area contributed by atoms with Crippen LogP contribution in [0.5, 0.6) is 0 Å². The van der Waals surface area contributed by atoms with Gasteiger partial charge in [-0.2, -0.15) is 0 Å². The van der Waals surface area contributed by atoms with Crippen molar-refractivity contribution in [2.45, 2.75) is 25.8 Å². The Hall–Kier alpha value is -2.42. The van der Waals surface area contributed by atoms with E-state index in [1.165, 1.54) is 29.8 Å². The van der Waals surface area contributed by atoms with Gasteiger partial charge in [-0.25, -0.2) is 4.39 Å². The first-order valence-corrected chi connectivity index (χ1v) is 7.33. The maximum atomic E-state index is 13.0. The van der Waals surface area contributed by atoms with Crippen molar-refractivity contribution in [2.75, 3.05) is 0 Å². The molecule has 22 heavy (non-hydrogen) atoms. The van der Waals surface area contributed by atoms with Crippen LogP contribution in [0.3, 0.4) is 0 Å². The van der Waals surface area contributed by atoms with Gasteiger partial charge in [-0.3, -0.25) is 4.79 Å². The number of hydrogen-bond donors (Lipinski definition) is 1. The summed E-state index contributed by atoms with van der Waals surface area (Å²) in [6.45, 7) is 4.22. The van der Waals surface area contributed by atoms with E-state index in [0.717, 1.165) is 17.7 Å². The van der Waals surface area contributed by atoms with Crippen LogP contribution in [-0.4, -0.2) is 11.3 Å². The third-order valence-corrected chi connectivity index (χ3v) is 3.82. The maximum absolute atomic E-state index is 13.0. The number of ketones is 1. The zero-order chi connectivity index (χ0) is 15.7. The van der Waals surface area contributed by atoms with Gasteiger partial charge in [-0.1, -0.05) is 24.3 Å². The van der Waals surface area contributed by atoms with Gasteiger partial charge < -0.3 is 5.32 Å². The van der Waals surface area contributed by atoms with Gasteiger partial charge in [-0.05, 0) is 50.1 Å². The maximum Gasteiger partial charge on any atom is 0.187 e. The fourth-order valence-electron chi connectivity index (χ4n) is 2.83. The van der Waals surface area contributed by atoms with Gasteiger partial charge in [0, 0.05) is 28.4 Å². The minimum atomic E-state index is -0.341. The molecule has 2 aromatic rings. The van der Waals surface area contributed by atoms with Crippen LogP contribution in [0.15, 0.2) is 54.6 Å². The van der Waals surface area contributed by atoms with Gasteiger partial charge in [0.15, 0.2) is 5.78 Å². The molecule has 0 saturated heterocycles. The molecule has 0 aliphatic carbocycles. The zero-order valence-electron chi connectivity index (χ0n) is 12.7. The standard InChI is InChI=1S/C19H18FNO/c1-19(2)12-14-5-3-4-6-16(14)17(21-19)11-18(22)13-7-9-15(20)10-8-13/h3-11,21H,12H2,1-2H3/b17-11-. The SMILES string of the molecule is CC1(C)Cc2ccccc2/C(=C/C(=O)c2ccc(F)cc2)N1. The normalized spacial score (nSPS) is 17.7. The number of carbonyl (C=O) groups excluding carboxylic acids is 1. The second kappa shape index (κ2) is 5.41. The predicted octanol–water partition coefficient (Wildman–Crippen LogP) is 3.97. The molecule has 0 fully saturated rings. The summed E-state index contributed by atoms with van der Waals surface area (Å²) in [6, 6.07) is 13.7. The van der Waals surface area contributed by atoms with Gasteiger partial charge in [0.05, 0.1) is 0 Å². The van der Waals surface area contributed by atoms with Crippen LogP contribution in [0.4, 0.5) is 4.39 Å². The van der Waals surface area contributed by atoms with Crippen LogP contribution in [0.1, 0.15) is 35.3 Å². The van der Waals surface area contributed by atoms with Gasteiger partial charge in [0.25, 0.3) is 0 Å². The number of rotatable bonds is 2. The van der Waals surface area contributed by atoms with E-state index in [-0.39, 0.29) is 17.1 Å². The molecule has 3 rings (SSSR count). The molecule has 0 bridgehead atoms. The highest BCUT2D eigenvalue weighted by Crippen LogP contribution is 2.29. The van der Waals surface area contributed by atoms with Crippen LogP contribution in [0.2, 0.25) is 0 Å². The molecule has 0 atom stereocenters. The first kappa shape index (κ1) is 14.5. The van der Waals surface area contributed by atoms with E-state index >= 15 is 0 Å². The lowest BCUT2D eigenvalue weighted by Gasteiger charge is -2.35. The fourth-order valence-corrected chi connectivity index (χ4v) is 2.83.